The van der Waals surface area contributed by atoms with Crippen molar-refractivity contribution in [2.75, 3.05) is 5.73 Å². The lowest BCUT2D eigenvalue weighted by Crippen LogP contribution is -1.88. The number of rotatable bonds is 1. The lowest BCUT2D eigenvalue weighted by Gasteiger charge is -2.06. The Kier molecular flexibility index (Phi) is 2.19. The molecule has 0 aliphatic heterocycles. The summed E-state index contributed by atoms with van der Waals surface area (Å²) in [6.07, 6.45) is 3.62. The van der Waals surface area contributed by atoms with E-state index < -0.39 is 0 Å². The van der Waals surface area contributed by atoms with Gasteiger partial charge in [-0.2, -0.15) is 0 Å². The van der Waals surface area contributed by atoms with Crippen LogP contribution in [0.3, 0.4) is 0 Å². The van der Waals surface area contributed by atoms with E-state index in [9.17, 15) is 0 Å². The number of hydrogen-bond acceptors (Lipinski definition) is 2. The van der Waals surface area contributed by atoms with Crippen molar-refractivity contribution >= 4 is 5.69 Å². The molecule has 70 valence electrons. The number of nitrogens with two attached hydrogens (primary N) is 1. The predicted molar refractivity (Wildman–Crippen MR) is 58.8 cm³/mol. The molecule has 14 heavy (non-hydrogen) atoms. The van der Waals surface area contributed by atoms with Gasteiger partial charge in [-0.1, -0.05) is 12.1 Å². The Morgan fingerprint density at radius 2 is 2.07 bits per heavy atom. The number of nitrogens with zero attached hydrogens (tertiary/aromatic N) is 1. The molecule has 0 saturated heterocycles. The van der Waals surface area contributed by atoms with Gasteiger partial charge >= 0.3 is 0 Å². The Balaban J connectivity index is 2.57. The number of anilines is 1. The SMILES string of the molecule is Cc1ccc(N)cc1-c1cccnc1. The Morgan fingerprint density at radius 1 is 1.21 bits per heavy atom. The highest BCUT2D eigenvalue weighted by atomic mass is 14.6. The zero-order valence-corrected chi connectivity index (χ0v) is 8.07. The van der Waals surface area contributed by atoms with Crippen molar-refractivity contribution in [2.24, 2.45) is 0 Å². The summed E-state index contributed by atoms with van der Waals surface area (Å²) in [6.45, 7) is 2.07. The minimum atomic E-state index is 0.787. The summed E-state index contributed by atoms with van der Waals surface area (Å²) in [5, 5.41) is 0. The van der Waals surface area contributed by atoms with E-state index in [0.29, 0.717) is 0 Å². The molecule has 0 unspecified atom stereocenters. The fourth-order valence-electron chi connectivity index (χ4n) is 1.47. The van der Waals surface area contributed by atoms with Gasteiger partial charge < -0.3 is 5.73 Å². The summed E-state index contributed by atoms with van der Waals surface area (Å²) in [4.78, 5) is 4.09. The van der Waals surface area contributed by atoms with Crippen LogP contribution in [0.1, 0.15) is 5.56 Å². The van der Waals surface area contributed by atoms with Crippen molar-refractivity contribution in [2.45, 2.75) is 6.92 Å². The molecule has 0 amide bonds. The van der Waals surface area contributed by atoms with Gasteiger partial charge in [0.15, 0.2) is 0 Å². The maximum absolute atomic E-state index is 5.74. The highest BCUT2D eigenvalue weighted by Crippen LogP contribution is 2.24. The summed E-state index contributed by atoms with van der Waals surface area (Å²) in [6, 6.07) is 9.88. The summed E-state index contributed by atoms with van der Waals surface area (Å²) in [5.41, 5.74) is 10.0. The van der Waals surface area contributed by atoms with Gasteiger partial charge in [-0.25, -0.2) is 0 Å². The monoisotopic (exact) mass is 184 g/mol. The summed E-state index contributed by atoms with van der Waals surface area (Å²) in [5.74, 6) is 0. The zero-order chi connectivity index (χ0) is 9.97. The van der Waals surface area contributed by atoms with Crippen LogP contribution in [0.4, 0.5) is 5.69 Å². The van der Waals surface area contributed by atoms with Crippen molar-refractivity contribution < 1.29 is 0 Å². The number of hydrogen-bond donors (Lipinski definition) is 1. The molecule has 0 saturated carbocycles. The fraction of sp³-hybridized carbons (Fsp3) is 0.0833. The van der Waals surface area contributed by atoms with Gasteiger partial charge in [-0.15, -0.1) is 0 Å². The number of pyridine rings is 1. The largest absolute Gasteiger partial charge is 0.399 e. The van der Waals surface area contributed by atoms with Gasteiger partial charge in [0, 0.05) is 23.6 Å². The van der Waals surface area contributed by atoms with Crippen molar-refractivity contribution in [3.8, 4) is 11.1 Å². The van der Waals surface area contributed by atoms with Gasteiger partial charge in [0.1, 0.15) is 0 Å². The van der Waals surface area contributed by atoms with Crippen LogP contribution >= 0.6 is 0 Å². The van der Waals surface area contributed by atoms with Crippen LogP contribution in [-0.2, 0) is 0 Å². The van der Waals surface area contributed by atoms with Crippen LogP contribution in [0.5, 0.6) is 0 Å². The van der Waals surface area contributed by atoms with Gasteiger partial charge in [0.25, 0.3) is 0 Å². The van der Waals surface area contributed by atoms with Crippen LogP contribution in [0.15, 0.2) is 42.7 Å². The van der Waals surface area contributed by atoms with Gasteiger partial charge in [-0.3, -0.25) is 4.98 Å². The maximum atomic E-state index is 5.74. The third-order valence-electron chi connectivity index (χ3n) is 2.23. The summed E-state index contributed by atoms with van der Waals surface area (Å²) < 4.78 is 0. The standard InChI is InChI=1S/C12H12N2/c1-9-4-5-11(13)7-12(9)10-3-2-6-14-8-10/h2-8H,13H2,1H3. The summed E-state index contributed by atoms with van der Waals surface area (Å²) >= 11 is 0. The summed E-state index contributed by atoms with van der Waals surface area (Å²) in [7, 11) is 0. The molecule has 2 N–H and O–H groups in total. The Hall–Kier alpha value is -1.83. The molecular formula is C12H12N2. The molecule has 1 heterocycles. The molecule has 0 aliphatic carbocycles. The van der Waals surface area contributed by atoms with E-state index in [1.54, 1.807) is 6.20 Å². The minimum Gasteiger partial charge on any atom is -0.399 e. The Bertz CT molecular complexity index is 435. The van der Waals surface area contributed by atoms with Gasteiger partial charge in [-0.05, 0) is 36.2 Å². The second-order valence-electron chi connectivity index (χ2n) is 3.32. The lowest BCUT2D eigenvalue weighted by atomic mass is 10.0. The number of nitrogen functional groups attached to an aromatic ring is 1. The molecule has 2 heteroatoms. The average molecular weight is 184 g/mol. The van der Waals surface area contributed by atoms with Crippen molar-refractivity contribution in [1.29, 1.82) is 0 Å². The van der Waals surface area contributed by atoms with Gasteiger partial charge in [0.2, 0.25) is 0 Å². The van der Waals surface area contributed by atoms with E-state index in [-0.39, 0.29) is 0 Å². The van der Waals surface area contributed by atoms with Crippen LogP contribution < -0.4 is 5.73 Å². The second kappa shape index (κ2) is 3.50. The lowest BCUT2D eigenvalue weighted by molar-refractivity contribution is 1.32. The molecule has 0 spiro atoms. The first kappa shape index (κ1) is 8.75. The minimum absolute atomic E-state index is 0.787. The van der Waals surface area contributed by atoms with E-state index in [2.05, 4.69) is 11.9 Å². The van der Waals surface area contributed by atoms with Crippen molar-refractivity contribution in [3.63, 3.8) is 0 Å². The van der Waals surface area contributed by atoms with Crippen molar-refractivity contribution in [3.05, 3.63) is 48.3 Å². The highest BCUT2D eigenvalue weighted by Gasteiger charge is 2.01. The first-order valence-electron chi connectivity index (χ1n) is 4.54. The van der Waals surface area contributed by atoms with Crippen LogP contribution in [0.2, 0.25) is 0 Å². The topological polar surface area (TPSA) is 38.9 Å². The number of benzene rings is 1. The third-order valence-corrected chi connectivity index (χ3v) is 2.23. The molecule has 0 aliphatic rings. The maximum Gasteiger partial charge on any atom is 0.0346 e. The molecule has 0 atom stereocenters. The van der Waals surface area contributed by atoms with E-state index in [1.807, 2.05) is 36.5 Å². The first-order valence-corrected chi connectivity index (χ1v) is 4.54. The molecule has 0 bridgehead atoms. The van der Waals surface area contributed by atoms with E-state index >= 15 is 0 Å². The Morgan fingerprint density at radius 3 is 2.79 bits per heavy atom. The zero-order valence-electron chi connectivity index (χ0n) is 8.07. The van der Waals surface area contributed by atoms with Gasteiger partial charge in [0.05, 0.1) is 0 Å². The first-order chi connectivity index (χ1) is 6.77. The molecule has 1 aromatic carbocycles. The predicted octanol–water partition coefficient (Wildman–Crippen LogP) is 2.64. The normalized spacial score (nSPS) is 10.1. The fourth-order valence-corrected chi connectivity index (χ4v) is 1.47. The van der Waals surface area contributed by atoms with Crippen LogP contribution in [0.25, 0.3) is 11.1 Å². The van der Waals surface area contributed by atoms with Crippen LogP contribution in [0, 0.1) is 6.92 Å². The Labute approximate surface area is 83.4 Å². The smallest absolute Gasteiger partial charge is 0.0346 e. The van der Waals surface area contributed by atoms with E-state index in [4.69, 9.17) is 5.73 Å². The highest BCUT2D eigenvalue weighted by molar-refractivity contribution is 5.69. The second-order valence-corrected chi connectivity index (χ2v) is 3.32. The number of aromatic nitrogens is 1. The average Bonchev–Trinajstić information content (AvgIpc) is 2.23. The number of aryl methyl sites for hydroxylation is 1. The molecule has 1 aromatic heterocycles. The molecular weight excluding hydrogens is 172 g/mol. The van der Waals surface area contributed by atoms with E-state index in [0.717, 1.165) is 16.8 Å². The molecule has 2 nitrogen and oxygen atoms in total. The van der Waals surface area contributed by atoms with Crippen LogP contribution in [-0.4, -0.2) is 4.98 Å². The molecule has 0 fully saturated rings. The van der Waals surface area contributed by atoms with Crippen molar-refractivity contribution in [1.82, 2.24) is 4.98 Å². The van der Waals surface area contributed by atoms with E-state index in [1.165, 1.54) is 5.56 Å². The quantitative estimate of drug-likeness (QED) is 0.692. The molecule has 2 rings (SSSR count). The molecule has 2 aromatic rings. The molecule has 0 radical (unpaired) electrons. The third kappa shape index (κ3) is 1.59.